The lowest BCUT2D eigenvalue weighted by molar-refractivity contribution is 0.0696. The van der Waals surface area contributed by atoms with E-state index in [0.29, 0.717) is 5.82 Å². The van der Waals surface area contributed by atoms with E-state index in [-0.39, 0.29) is 5.56 Å². The number of carboxylic acid groups (broad SMARTS) is 1. The van der Waals surface area contributed by atoms with Gasteiger partial charge in [-0.1, -0.05) is 6.07 Å². The van der Waals surface area contributed by atoms with E-state index in [9.17, 15) is 4.79 Å². The number of carboxylic acids is 1. The number of halogens is 1. The monoisotopic (exact) mass is 340 g/mol. The van der Waals surface area contributed by atoms with Crippen LogP contribution in [-0.4, -0.2) is 16.1 Å². The predicted octanol–water partition coefficient (Wildman–Crippen LogP) is 3.13. The van der Waals surface area contributed by atoms with E-state index in [4.69, 9.17) is 5.11 Å². The minimum atomic E-state index is -0.974. The minimum Gasteiger partial charge on any atom is -0.478 e. The highest BCUT2D eigenvalue weighted by atomic mass is 127. The third kappa shape index (κ3) is 3.16. The molecule has 0 spiro atoms. The summed E-state index contributed by atoms with van der Waals surface area (Å²) in [6.07, 6.45) is 1.33. The van der Waals surface area contributed by atoms with Crippen molar-refractivity contribution in [3.8, 4) is 0 Å². The zero-order valence-corrected chi connectivity index (χ0v) is 10.9. The van der Waals surface area contributed by atoms with E-state index in [1.165, 1.54) is 12.3 Å². The molecule has 0 saturated carbocycles. The Labute approximate surface area is 112 Å². The molecule has 1 aromatic heterocycles. The largest absolute Gasteiger partial charge is 0.478 e. The van der Waals surface area contributed by atoms with Crippen molar-refractivity contribution in [2.24, 2.45) is 0 Å². The number of hydrogen-bond acceptors (Lipinski definition) is 3. The normalized spacial score (nSPS) is 9.94. The lowest BCUT2D eigenvalue weighted by Gasteiger charge is -2.05. The van der Waals surface area contributed by atoms with Gasteiger partial charge >= 0.3 is 5.97 Å². The second kappa shape index (κ2) is 5.13. The van der Waals surface area contributed by atoms with Crippen LogP contribution in [-0.2, 0) is 0 Å². The number of benzene rings is 1. The summed E-state index contributed by atoms with van der Waals surface area (Å²) in [6.45, 7) is 0. The lowest BCUT2D eigenvalue weighted by Crippen LogP contribution is -1.99. The molecule has 1 heterocycles. The smallest absolute Gasteiger partial charge is 0.337 e. The molecule has 0 radical (unpaired) electrons. The number of aromatic nitrogens is 1. The Morgan fingerprint density at radius 2 is 2.12 bits per heavy atom. The van der Waals surface area contributed by atoms with Gasteiger partial charge in [-0.3, -0.25) is 0 Å². The van der Waals surface area contributed by atoms with Gasteiger partial charge in [0.15, 0.2) is 0 Å². The minimum absolute atomic E-state index is 0.179. The predicted molar refractivity (Wildman–Crippen MR) is 73.6 cm³/mol. The highest BCUT2D eigenvalue weighted by molar-refractivity contribution is 14.1. The van der Waals surface area contributed by atoms with Gasteiger partial charge in [-0.25, -0.2) is 9.78 Å². The van der Waals surface area contributed by atoms with E-state index in [1.807, 2.05) is 24.3 Å². The first kappa shape index (κ1) is 11.8. The Kier molecular flexibility index (Phi) is 3.58. The average Bonchev–Trinajstić information content (AvgIpc) is 2.29. The third-order valence-electron chi connectivity index (χ3n) is 2.11. The standard InChI is InChI=1S/C12H9IN2O2/c13-9-2-1-3-10(6-9)15-11-5-4-8(7-14-11)12(16)17/h1-7H,(H,14,15)(H,16,17). The lowest BCUT2D eigenvalue weighted by atomic mass is 10.3. The fraction of sp³-hybridized carbons (Fsp3) is 0. The summed E-state index contributed by atoms with van der Waals surface area (Å²) in [4.78, 5) is 14.7. The van der Waals surface area contributed by atoms with Crippen molar-refractivity contribution in [1.82, 2.24) is 4.98 Å². The SMILES string of the molecule is O=C(O)c1ccc(Nc2cccc(I)c2)nc1. The van der Waals surface area contributed by atoms with Gasteiger partial charge in [0, 0.05) is 15.5 Å². The maximum absolute atomic E-state index is 10.7. The molecule has 0 aliphatic heterocycles. The number of nitrogens with zero attached hydrogens (tertiary/aromatic N) is 1. The molecule has 86 valence electrons. The number of nitrogens with one attached hydrogen (secondary N) is 1. The van der Waals surface area contributed by atoms with Crippen molar-refractivity contribution < 1.29 is 9.90 Å². The number of hydrogen-bond donors (Lipinski definition) is 2. The first-order valence-corrected chi connectivity index (χ1v) is 5.95. The number of carbonyl (C=O) groups is 1. The van der Waals surface area contributed by atoms with Crippen LogP contribution in [0.15, 0.2) is 42.6 Å². The van der Waals surface area contributed by atoms with Gasteiger partial charge in [-0.2, -0.15) is 0 Å². The molecule has 1 aromatic carbocycles. The van der Waals surface area contributed by atoms with Crippen molar-refractivity contribution in [1.29, 1.82) is 0 Å². The summed E-state index contributed by atoms with van der Waals surface area (Å²) in [5.41, 5.74) is 1.10. The van der Waals surface area contributed by atoms with Crippen LogP contribution < -0.4 is 5.32 Å². The van der Waals surface area contributed by atoms with E-state index in [1.54, 1.807) is 6.07 Å². The maximum atomic E-state index is 10.7. The van der Waals surface area contributed by atoms with Gasteiger partial charge in [0.05, 0.1) is 5.56 Å². The van der Waals surface area contributed by atoms with Gasteiger partial charge in [-0.05, 0) is 52.9 Å². The van der Waals surface area contributed by atoms with E-state index < -0.39 is 5.97 Å². The van der Waals surface area contributed by atoms with Gasteiger partial charge in [0.25, 0.3) is 0 Å². The molecule has 0 saturated heterocycles. The van der Waals surface area contributed by atoms with Gasteiger partial charge in [-0.15, -0.1) is 0 Å². The molecule has 0 aliphatic rings. The topological polar surface area (TPSA) is 62.2 Å². The van der Waals surface area contributed by atoms with E-state index >= 15 is 0 Å². The highest BCUT2D eigenvalue weighted by Crippen LogP contribution is 2.17. The second-order valence-electron chi connectivity index (χ2n) is 3.37. The summed E-state index contributed by atoms with van der Waals surface area (Å²) < 4.78 is 1.12. The third-order valence-corrected chi connectivity index (χ3v) is 2.78. The number of anilines is 2. The van der Waals surface area contributed by atoms with Crippen LogP contribution in [0, 0.1) is 3.57 Å². The van der Waals surface area contributed by atoms with Crippen LogP contribution >= 0.6 is 22.6 Å². The number of aromatic carboxylic acids is 1. The summed E-state index contributed by atoms with van der Waals surface area (Å²) in [5.74, 6) is -0.352. The Bertz CT molecular complexity index is 540. The molecule has 2 aromatic rings. The van der Waals surface area contributed by atoms with Crippen molar-refractivity contribution in [2.75, 3.05) is 5.32 Å². The highest BCUT2D eigenvalue weighted by Gasteiger charge is 2.02. The number of pyridine rings is 1. The van der Waals surface area contributed by atoms with Crippen LogP contribution in [0.4, 0.5) is 11.5 Å². The maximum Gasteiger partial charge on any atom is 0.337 e. The van der Waals surface area contributed by atoms with Gasteiger partial charge < -0.3 is 10.4 Å². The van der Waals surface area contributed by atoms with E-state index in [0.717, 1.165) is 9.26 Å². The van der Waals surface area contributed by atoms with Gasteiger partial charge in [0.1, 0.15) is 5.82 Å². The molecule has 0 fully saturated rings. The molecule has 0 atom stereocenters. The molecule has 0 unspecified atom stereocenters. The van der Waals surface area contributed by atoms with Crippen molar-refractivity contribution in [2.45, 2.75) is 0 Å². The molecule has 4 nitrogen and oxygen atoms in total. The van der Waals surface area contributed by atoms with E-state index in [2.05, 4.69) is 32.9 Å². The molecule has 2 N–H and O–H groups in total. The summed E-state index contributed by atoms with van der Waals surface area (Å²) in [6, 6.07) is 11.0. The average molecular weight is 340 g/mol. The van der Waals surface area contributed by atoms with Crippen molar-refractivity contribution >= 4 is 40.1 Å². The molecule has 0 amide bonds. The summed E-state index contributed by atoms with van der Waals surface area (Å²) in [7, 11) is 0. The van der Waals surface area contributed by atoms with Crippen LogP contribution in [0.5, 0.6) is 0 Å². The Balaban J connectivity index is 2.16. The first-order valence-electron chi connectivity index (χ1n) is 4.87. The summed E-state index contributed by atoms with van der Waals surface area (Å²) >= 11 is 2.22. The van der Waals surface area contributed by atoms with Crippen molar-refractivity contribution in [3.63, 3.8) is 0 Å². The number of rotatable bonds is 3. The van der Waals surface area contributed by atoms with Crippen LogP contribution in [0.2, 0.25) is 0 Å². The Morgan fingerprint density at radius 1 is 1.29 bits per heavy atom. The zero-order valence-electron chi connectivity index (χ0n) is 8.72. The van der Waals surface area contributed by atoms with Crippen LogP contribution in [0.3, 0.4) is 0 Å². The molecule has 2 rings (SSSR count). The molecule has 0 bridgehead atoms. The molecule has 5 heteroatoms. The van der Waals surface area contributed by atoms with Crippen molar-refractivity contribution in [3.05, 3.63) is 51.7 Å². The first-order chi connectivity index (χ1) is 8.15. The Morgan fingerprint density at radius 3 is 2.71 bits per heavy atom. The van der Waals surface area contributed by atoms with Crippen LogP contribution in [0.1, 0.15) is 10.4 Å². The second-order valence-corrected chi connectivity index (χ2v) is 4.62. The molecule has 17 heavy (non-hydrogen) atoms. The quantitative estimate of drug-likeness (QED) is 0.843. The fourth-order valence-corrected chi connectivity index (χ4v) is 1.85. The summed E-state index contributed by atoms with van der Waals surface area (Å²) in [5, 5.41) is 11.8. The fourth-order valence-electron chi connectivity index (χ4n) is 1.31. The molecular formula is C12H9IN2O2. The Hall–Kier alpha value is -1.63. The van der Waals surface area contributed by atoms with Gasteiger partial charge in [0.2, 0.25) is 0 Å². The zero-order chi connectivity index (χ0) is 12.3. The molecular weight excluding hydrogens is 331 g/mol. The molecule has 0 aliphatic carbocycles. The van der Waals surface area contributed by atoms with Crippen LogP contribution in [0.25, 0.3) is 0 Å².